The zero-order valence-corrected chi connectivity index (χ0v) is 27.1. The van der Waals surface area contributed by atoms with Gasteiger partial charge in [0.2, 0.25) is 0 Å². The molecule has 0 fully saturated rings. The first-order valence-corrected chi connectivity index (χ1v) is 17.4. The van der Waals surface area contributed by atoms with Crippen LogP contribution in [0.3, 0.4) is 0 Å². The molecule has 0 N–H and O–H groups in total. The lowest BCUT2D eigenvalue weighted by Crippen LogP contribution is -1.99. The molecule has 0 atom stereocenters. The van der Waals surface area contributed by atoms with E-state index in [9.17, 15) is 0 Å². The quantitative estimate of drug-likeness (QED) is 0.168. The third-order valence-corrected chi connectivity index (χ3v) is 11.2. The van der Waals surface area contributed by atoms with Crippen molar-refractivity contribution in [3.05, 3.63) is 170 Å². The van der Waals surface area contributed by atoms with E-state index in [2.05, 4.69) is 179 Å². The highest BCUT2D eigenvalue weighted by Gasteiger charge is 2.27. The Kier molecular flexibility index (Phi) is 5.00. The number of aromatic nitrogens is 2. The standard InChI is InChI=1S/C48H28N2/c1-2-18-34-32(16-1)37-23-12-24-40-45(37)41(34)28-44-46(40)47-38-21-5-3-15-31(38)33-17-4-6-22-39(33)48(47)50(44)30-14-11-13-29(27-30)49-42-25-9-7-19-35(42)36-20-8-10-26-43(36)49/h1-28H. The second-order valence-electron chi connectivity index (χ2n) is 13.6. The number of fused-ring (bicyclic) bond motifs is 15. The van der Waals surface area contributed by atoms with Gasteiger partial charge in [-0.2, -0.15) is 0 Å². The van der Waals surface area contributed by atoms with Gasteiger partial charge in [0.25, 0.3) is 0 Å². The predicted octanol–water partition coefficient (Wildman–Crippen LogP) is 13.0. The molecule has 0 amide bonds. The van der Waals surface area contributed by atoms with Gasteiger partial charge in [-0.1, -0.05) is 133 Å². The summed E-state index contributed by atoms with van der Waals surface area (Å²) in [4.78, 5) is 0. The minimum Gasteiger partial charge on any atom is -0.309 e. The summed E-state index contributed by atoms with van der Waals surface area (Å²) in [5, 5.41) is 13.0. The molecular weight excluding hydrogens is 605 g/mol. The summed E-state index contributed by atoms with van der Waals surface area (Å²) in [6, 6.07) is 62.9. The molecule has 0 saturated carbocycles. The summed E-state index contributed by atoms with van der Waals surface area (Å²) < 4.78 is 4.98. The van der Waals surface area contributed by atoms with Crippen LogP contribution in [-0.4, -0.2) is 9.13 Å². The predicted molar refractivity (Wildman–Crippen MR) is 212 cm³/mol. The molecule has 11 aromatic rings. The van der Waals surface area contributed by atoms with Crippen LogP contribution in [0.15, 0.2) is 170 Å². The summed E-state index contributed by atoms with van der Waals surface area (Å²) in [5.41, 5.74) is 12.5. The number of nitrogens with zero attached hydrogens (tertiary/aromatic N) is 2. The van der Waals surface area contributed by atoms with E-state index in [1.807, 2.05) is 0 Å². The van der Waals surface area contributed by atoms with Crippen molar-refractivity contribution in [2.45, 2.75) is 0 Å². The van der Waals surface area contributed by atoms with Crippen LogP contribution in [0.1, 0.15) is 0 Å². The maximum Gasteiger partial charge on any atom is 0.0626 e. The van der Waals surface area contributed by atoms with Gasteiger partial charge in [0, 0.05) is 38.3 Å². The fourth-order valence-corrected chi connectivity index (χ4v) is 9.27. The SMILES string of the molecule is c1cc(-n2c3ccccc3c3ccccc32)cc(-n2c3cc4c5c(cccc5c3c3c5ccccc5c5ccccc5c32)-c2ccccc2-4)c1. The summed E-state index contributed by atoms with van der Waals surface area (Å²) in [6.45, 7) is 0. The summed E-state index contributed by atoms with van der Waals surface area (Å²) in [5.74, 6) is 0. The molecular formula is C48H28N2. The van der Waals surface area contributed by atoms with E-state index in [0.29, 0.717) is 0 Å². The van der Waals surface area contributed by atoms with Crippen molar-refractivity contribution >= 4 is 75.9 Å². The Morgan fingerprint density at radius 3 is 1.48 bits per heavy atom. The van der Waals surface area contributed by atoms with Gasteiger partial charge in [-0.15, -0.1) is 0 Å². The Morgan fingerprint density at radius 2 is 0.760 bits per heavy atom. The summed E-state index contributed by atoms with van der Waals surface area (Å²) >= 11 is 0. The highest BCUT2D eigenvalue weighted by atomic mass is 15.0. The molecule has 9 aromatic carbocycles. The molecule has 0 spiro atoms. The normalized spacial score (nSPS) is 12.4. The van der Waals surface area contributed by atoms with Crippen LogP contribution in [0.25, 0.3) is 110 Å². The van der Waals surface area contributed by atoms with Crippen LogP contribution in [0, 0.1) is 0 Å². The zero-order valence-electron chi connectivity index (χ0n) is 27.1. The number of rotatable bonds is 2. The first-order valence-electron chi connectivity index (χ1n) is 17.4. The summed E-state index contributed by atoms with van der Waals surface area (Å²) in [6.07, 6.45) is 0. The molecule has 0 saturated heterocycles. The lowest BCUT2D eigenvalue weighted by molar-refractivity contribution is 1.14. The van der Waals surface area contributed by atoms with Gasteiger partial charge in [0.15, 0.2) is 0 Å². The molecule has 1 aliphatic carbocycles. The maximum absolute atomic E-state index is 2.56. The molecule has 12 rings (SSSR count). The van der Waals surface area contributed by atoms with Crippen LogP contribution in [0.5, 0.6) is 0 Å². The highest BCUT2D eigenvalue weighted by molar-refractivity contribution is 6.38. The van der Waals surface area contributed by atoms with Crippen molar-refractivity contribution < 1.29 is 0 Å². The van der Waals surface area contributed by atoms with E-state index in [4.69, 9.17) is 0 Å². The molecule has 0 bridgehead atoms. The highest BCUT2D eigenvalue weighted by Crippen LogP contribution is 2.52. The topological polar surface area (TPSA) is 9.86 Å². The number of benzene rings is 9. The number of hydrogen-bond acceptors (Lipinski definition) is 0. The van der Waals surface area contributed by atoms with Crippen molar-refractivity contribution in [3.63, 3.8) is 0 Å². The molecule has 1 aliphatic rings. The van der Waals surface area contributed by atoms with Crippen LogP contribution in [0.2, 0.25) is 0 Å². The van der Waals surface area contributed by atoms with E-state index in [1.54, 1.807) is 0 Å². The Bertz CT molecular complexity index is 3210. The fourth-order valence-electron chi connectivity index (χ4n) is 9.27. The van der Waals surface area contributed by atoms with Crippen molar-refractivity contribution in [2.24, 2.45) is 0 Å². The Morgan fingerprint density at radius 1 is 0.260 bits per heavy atom. The van der Waals surface area contributed by atoms with E-state index >= 15 is 0 Å². The molecule has 230 valence electrons. The second-order valence-corrected chi connectivity index (χ2v) is 13.6. The average Bonchev–Trinajstić information content (AvgIpc) is 3.83. The van der Waals surface area contributed by atoms with E-state index in [-0.39, 0.29) is 0 Å². The van der Waals surface area contributed by atoms with Crippen molar-refractivity contribution in [2.75, 3.05) is 0 Å². The number of hydrogen-bond donors (Lipinski definition) is 0. The monoisotopic (exact) mass is 632 g/mol. The van der Waals surface area contributed by atoms with Gasteiger partial charge in [0.05, 0.1) is 22.1 Å². The van der Waals surface area contributed by atoms with Gasteiger partial charge in [0.1, 0.15) is 0 Å². The average molecular weight is 633 g/mol. The Balaban J connectivity index is 1.29. The molecule has 0 aliphatic heterocycles. The third kappa shape index (κ3) is 3.23. The third-order valence-electron chi connectivity index (χ3n) is 11.2. The van der Waals surface area contributed by atoms with Gasteiger partial charge < -0.3 is 9.13 Å². The van der Waals surface area contributed by atoms with Gasteiger partial charge in [-0.05, 0) is 85.6 Å². The lowest BCUT2D eigenvalue weighted by atomic mass is 9.94. The Labute approximate surface area is 287 Å². The van der Waals surface area contributed by atoms with Crippen LogP contribution >= 0.6 is 0 Å². The lowest BCUT2D eigenvalue weighted by Gasteiger charge is -2.15. The van der Waals surface area contributed by atoms with Gasteiger partial charge in [-0.25, -0.2) is 0 Å². The van der Waals surface area contributed by atoms with Crippen molar-refractivity contribution in [3.8, 4) is 33.6 Å². The fraction of sp³-hybridized carbons (Fsp3) is 0. The van der Waals surface area contributed by atoms with E-state index < -0.39 is 0 Å². The summed E-state index contributed by atoms with van der Waals surface area (Å²) in [7, 11) is 0. The minimum absolute atomic E-state index is 1.15. The van der Waals surface area contributed by atoms with Gasteiger partial charge in [-0.3, -0.25) is 0 Å². The second kappa shape index (κ2) is 9.49. The van der Waals surface area contributed by atoms with E-state index in [0.717, 1.165) is 11.4 Å². The van der Waals surface area contributed by atoms with E-state index in [1.165, 1.54) is 98.2 Å². The van der Waals surface area contributed by atoms with Crippen LogP contribution in [0.4, 0.5) is 0 Å². The van der Waals surface area contributed by atoms with Crippen LogP contribution < -0.4 is 0 Å². The maximum atomic E-state index is 2.56. The molecule has 0 unspecified atom stereocenters. The molecule has 2 nitrogen and oxygen atoms in total. The van der Waals surface area contributed by atoms with Crippen molar-refractivity contribution in [1.29, 1.82) is 0 Å². The molecule has 2 heterocycles. The van der Waals surface area contributed by atoms with Crippen molar-refractivity contribution in [1.82, 2.24) is 9.13 Å². The molecule has 2 heteroatoms. The molecule has 50 heavy (non-hydrogen) atoms. The first kappa shape index (κ1) is 26.3. The smallest absolute Gasteiger partial charge is 0.0626 e. The molecule has 2 aromatic heterocycles. The van der Waals surface area contributed by atoms with Crippen LogP contribution in [-0.2, 0) is 0 Å². The molecule has 0 radical (unpaired) electrons. The zero-order chi connectivity index (χ0) is 32.5. The Hall–Kier alpha value is -6.64. The number of para-hydroxylation sites is 2. The first-order chi connectivity index (χ1) is 24.8. The largest absolute Gasteiger partial charge is 0.309 e. The minimum atomic E-state index is 1.15. The van der Waals surface area contributed by atoms with Gasteiger partial charge >= 0.3 is 0 Å².